The van der Waals surface area contributed by atoms with E-state index in [0.717, 1.165) is 37.3 Å². The highest BCUT2D eigenvalue weighted by atomic mass is 16.1. The van der Waals surface area contributed by atoms with Crippen molar-refractivity contribution in [2.24, 2.45) is 17.8 Å². The Balaban J connectivity index is 1.59. The Morgan fingerprint density at radius 2 is 1.90 bits per heavy atom. The first kappa shape index (κ1) is 14.6. The topological polar surface area (TPSA) is 20.3 Å². The molecule has 0 aromatic carbocycles. The fraction of sp³-hybridized carbons (Fsp3) is 0.944. The van der Waals surface area contributed by atoms with E-state index >= 15 is 0 Å². The maximum atomic E-state index is 12.2. The van der Waals surface area contributed by atoms with Gasteiger partial charge < -0.3 is 0 Å². The lowest BCUT2D eigenvalue weighted by Gasteiger charge is -2.35. The highest BCUT2D eigenvalue weighted by molar-refractivity contribution is 5.82. The third-order valence-corrected chi connectivity index (χ3v) is 6.26. The lowest BCUT2D eigenvalue weighted by Crippen LogP contribution is -2.41. The van der Waals surface area contributed by atoms with Crippen LogP contribution in [0.4, 0.5) is 0 Å². The van der Waals surface area contributed by atoms with Gasteiger partial charge in [-0.25, -0.2) is 0 Å². The second-order valence-electron chi connectivity index (χ2n) is 7.46. The molecule has 2 nitrogen and oxygen atoms in total. The third kappa shape index (κ3) is 3.10. The predicted molar refractivity (Wildman–Crippen MR) is 82.7 cm³/mol. The molecule has 2 aliphatic carbocycles. The van der Waals surface area contributed by atoms with Gasteiger partial charge >= 0.3 is 0 Å². The lowest BCUT2D eigenvalue weighted by atomic mass is 9.79. The number of nitrogens with zero attached hydrogens (tertiary/aromatic N) is 1. The molecule has 0 spiro atoms. The SMILES string of the molecule is CCC1CCC(=O)C(CN2CCCC2C2CCCC2)C1. The molecule has 2 saturated carbocycles. The Hall–Kier alpha value is -0.370. The smallest absolute Gasteiger partial charge is 0.137 e. The lowest BCUT2D eigenvalue weighted by molar-refractivity contribution is -0.126. The average molecular weight is 277 g/mol. The van der Waals surface area contributed by atoms with Crippen molar-refractivity contribution in [3.05, 3.63) is 0 Å². The molecule has 0 bridgehead atoms. The van der Waals surface area contributed by atoms with Gasteiger partial charge in [0.15, 0.2) is 0 Å². The number of ketones is 1. The van der Waals surface area contributed by atoms with Crippen LogP contribution < -0.4 is 0 Å². The van der Waals surface area contributed by atoms with Gasteiger partial charge in [-0.2, -0.15) is 0 Å². The molecule has 0 N–H and O–H groups in total. The molecule has 3 atom stereocenters. The first-order valence-corrected chi connectivity index (χ1v) is 9.04. The number of likely N-dealkylation sites (tertiary alicyclic amines) is 1. The molecular formula is C18H31NO. The fourth-order valence-corrected chi connectivity index (χ4v) is 4.99. The third-order valence-electron chi connectivity index (χ3n) is 6.26. The van der Waals surface area contributed by atoms with Crippen LogP contribution in [-0.4, -0.2) is 29.8 Å². The van der Waals surface area contributed by atoms with Gasteiger partial charge in [0.25, 0.3) is 0 Å². The maximum absolute atomic E-state index is 12.2. The number of carbonyl (C=O) groups is 1. The fourth-order valence-electron chi connectivity index (χ4n) is 4.99. The van der Waals surface area contributed by atoms with Crippen molar-refractivity contribution < 1.29 is 4.79 Å². The van der Waals surface area contributed by atoms with Gasteiger partial charge in [-0.3, -0.25) is 9.69 Å². The van der Waals surface area contributed by atoms with Crippen molar-refractivity contribution in [3.8, 4) is 0 Å². The van der Waals surface area contributed by atoms with E-state index in [1.54, 1.807) is 0 Å². The molecular weight excluding hydrogens is 246 g/mol. The zero-order valence-electron chi connectivity index (χ0n) is 13.2. The van der Waals surface area contributed by atoms with Crippen LogP contribution in [0.5, 0.6) is 0 Å². The van der Waals surface area contributed by atoms with Crippen LogP contribution >= 0.6 is 0 Å². The maximum Gasteiger partial charge on any atom is 0.137 e. The summed E-state index contributed by atoms with van der Waals surface area (Å²) < 4.78 is 0. The summed E-state index contributed by atoms with van der Waals surface area (Å²) in [5.74, 6) is 2.67. The van der Waals surface area contributed by atoms with Crippen LogP contribution in [0.15, 0.2) is 0 Å². The summed E-state index contributed by atoms with van der Waals surface area (Å²) in [6.07, 6.45) is 12.9. The number of hydrogen-bond acceptors (Lipinski definition) is 2. The van der Waals surface area contributed by atoms with Crippen molar-refractivity contribution in [2.45, 2.75) is 77.2 Å². The minimum atomic E-state index is 0.357. The second-order valence-corrected chi connectivity index (χ2v) is 7.46. The van der Waals surface area contributed by atoms with E-state index in [0.29, 0.717) is 11.7 Å². The molecule has 0 amide bonds. The van der Waals surface area contributed by atoms with Crippen molar-refractivity contribution >= 4 is 5.78 Å². The van der Waals surface area contributed by atoms with Crippen LogP contribution in [-0.2, 0) is 4.79 Å². The first-order chi connectivity index (χ1) is 9.78. The molecule has 114 valence electrons. The van der Waals surface area contributed by atoms with E-state index in [1.807, 2.05) is 0 Å². The van der Waals surface area contributed by atoms with Gasteiger partial charge in [-0.15, -0.1) is 0 Å². The van der Waals surface area contributed by atoms with Gasteiger partial charge in [-0.1, -0.05) is 26.2 Å². The molecule has 1 saturated heterocycles. The van der Waals surface area contributed by atoms with Crippen LogP contribution in [0, 0.1) is 17.8 Å². The quantitative estimate of drug-likeness (QED) is 0.773. The normalized spacial score (nSPS) is 36.9. The van der Waals surface area contributed by atoms with E-state index in [-0.39, 0.29) is 0 Å². The Morgan fingerprint density at radius 1 is 1.10 bits per heavy atom. The number of rotatable bonds is 4. The van der Waals surface area contributed by atoms with Crippen LogP contribution in [0.25, 0.3) is 0 Å². The van der Waals surface area contributed by atoms with Crippen LogP contribution in [0.1, 0.15) is 71.1 Å². The second kappa shape index (κ2) is 6.60. The first-order valence-electron chi connectivity index (χ1n) is 9.04. The van der Waals surface area contributed by atoms with E-state index in [2.05, 4.69) is 11.8 Å². The number of hydrogen-bond donors (Lipinski definition) is 0. The Bertz CT molecular complexity index is 334. The predicted octanol–water partition coefficient (Wildman–Crippen LogP) is 4.04. The molecule has 1 aliphatic heterocycles. The van der Waals surface area contributed by atoms with Crippen molar-refractivity contribution in [3.63, 3.8) is 0 Å². The van der Waals surface area contributed by atoms with E-state index < -0.39 is 0 Å². The molecule has 1 heterocycles. The monoisotopic (exact) mass is 277 g/mol. The van der Waals surface area contributed by atoms with Crippen molar-refractivity contribution in [2.75, 3.05) is 13.1 Å². The number of carbonyl (C=O) groups excluding carboxylic acids is 1. The van der Waals surface area contributed by atoms with Crippen LogP contribution in [0.2, 0.25) is 0 Å². The summed E-state index contributed by atoms with van der Waals surface area (Å²) in [6.45, 7) is 4.62. The van der Waals surface area contributed by atoms with Crippen molar-refractivity contribution in [1.82, 2.24) is 4.90 Å². The average Bonchev–Trinajstić information content (AvgIpc) is 3.11. The Labute approximate surface area is 124 Å². The van der Waals surface area contributed by atoms with Crippen molar-refractivity contribution in [1.29, 1.82) is 0 Å². The van der Waals surface area contributed by atoms with Gasteiger partial charge in [0.1, 0.15) is 5.78 Å². The Kier molecular flexibility index (Phi) is 4.80. The van der Waals surface area contributed by atoms with Crippen LogP contribution in [0.3, 0.4) is 0 Å². The zero-order valence-corrected chi connectivity index (χ0v) is 13.2. The minimum Gasteiger partial charge on any atom is -0.299 e. The summed E-state index contributed by atoms with van der Waals surface area (Å²) in [6, 6.07) is 0.812. The molecule has 3 unspecified atom stereocenters. The van der Waals surface area contributed by atoms with E-state index in [4.69, 9.17) is 0 Å². The van der Waals surface area contributed by atoms with Gasteiger partial charge in [0.05, 0.1) is 0 Å². The minimum absolute atomic E-state index is 0.357. The molecule has 0 aromatic heterocycles. The van der Waals surface area contributed by atoms with Gasteiger partial charge in [0.2, 0.25) is 0 Å². The van der Waals surface area contributed by atoms with Gasteiger partial charge in [0, 0.05) is 24.9 Å². The summed E-state index contributed by atoms with van der Waals surface area (Å²) in [5.41, 5.74) is 0. The molecule has 0 aromatic rings. The molecule has 0 radical (unpaired) electrons. The summed E-state index contributed by atoms with van der Waals surface area (Å²) in [5, 5.41) is 0. The molecule has 3 rings (SSSR count). The molecule has 2 heteroatoms. The van der Waals surface area contributed by atoms with E-state index in [9.17, 15) is 4.79 Å². The Morgan fingerprint density at radius 3 is 2.65 bits per heavy atom. The highest BCUT2D eigenvalue weighted by Gasteiger charge is 2.36. The standard InChI is InChI=1S/C18H31NO/c1-2-14-9-10-18(20)16(12-14)13-19-11-5-8-17(19)15-6-3-4-7-15/h14-17H,2-13H2,1H3. The van der Waals surface area contributed by atoms with E-state index in [1.165, 1.54) is 57.9 Å². The summed E-state index contributed by atoms with van der Waals surface area (Å²) in [7, 11) is 0. The van der Waals surface area contributed by atoms with Gasteiger partial charge in [-0.05, 0) is 56.9 Å². The molecule has 3 aliphatic rings. The number of Topliss-reactive ketones (excluding diaryl/α,β-unsaturated/α-hetero) is 1. The largest absolute Gasteiger partial charge is 0.299 e. The zero-order chi connectivity index (χ0) is 13.9. The highest BCUT2D eigenvalue weighted by Crippen LogP contribution is 2.37. The molecule has 3 fully saturated rings. The summed E-state index contributed by atoms with van der Waals surface area (Å²) in [4.78, 5) is 14.9. The molecule has 20 heavy (non-hydrogen) atoms. The summed E-state index contributed by atoms with van der Waals surface area (Å²) >= 11 is 0.